The van der Waals surface area contributed by atoms with Crippen LogP contribution in [-0.4, -0.2) is 12.7 Å². The predicted octanol–water partition coefficient (Wildman–Crippen LogP) is 6.30. The summed E-state index contributed by atoms with van der Waals surface area (Å²) in [7, 11) is 0. The van der Waals surface area contributed by atoms with Crippen molar-refractivity contribution in [2.24, 2.45) is 17.8 Å². The average Bonchev–Trinajstić information content (AvgIpc) is 2.56. The normalized spacial score (nSPS) is 33.1. The SMILES string of the molecule is C=CCCO[C@H]1CC[C@H](CC[C@H]2CC[C@H](/C=C/C)CC2)CC1. The van der Waals surface area contributed by atoms with Gasteiger partial charge in [-0.2, -0.15) is 0 Å². The molecule has 22 heavy (non-hydrogen) atoms. The molecule has 0 atom stereocenters. The summed E-state index contributed by atoms with van der Waals surface area (Å²) >= 11 is 0. The van der Waals surface area contributed by atoms with E-state index in [0.717, 1.165) is 30.8 Å². The van der Waals surface area contributed by atoms with E-state index in [0.29, 0.717) is 6.10 Å². The molecular formula is C21H36O. The van der Waals surface area contributed by atoms with E-state index in [1.54, 1.807) is 0 Å². The van der Waals surface area contributed by atoms with Gasteiger partial charge in [0.2, 0.25) is 0 Å². The van der Waals surface area contributed by atoms with Gasteiger partial charge in [-0.1, -0.05) is 31.1 Å². The van der Waals surface area contributed by atoms with Gasteiger partial charge in [0.15, 0.2) is 0 Å². The van der Waals surface area contributed by atoms with Gasteiger partial charge in [0.1, 0.15) is 0 Å². The summed E-state index contributed by atoms with van der Waals surface area (Å²) in [5.74, 6) is 2.87. The smallest absolute Gasteiger partial charge is 0.0575 e. The molecule has 2 saturated carbocycles. The second-order valence-corrected chi connectivity index (χ2v) is 7.47. The number of ether oxygens (including phenoxy) is 1. The van der Waals surface area contributed by atoms with Crippen LogP contribution in [0, 0.1) is 17.8 Å². The van der Waals surface area contributed by atoms with E-state index in [9.17, 15) is 0 Å². The quantitative estimate of drug-likeness (QED) is 0.377. The van der Waals surface area contributed by atoms with Gasteiger partial charge in [0.05, 0.1) is 12.7 Å². The first-order valence-corrected chi connectivity index (χ1v) is 9.67. The van der Waals surface area contributed by atoms with Crippen LogP contribution in [0.1, 0.15) is 77.6 Å². The fourth-order valence-corrected chi connectivity index (χ4v) is 4.32. The van der Waals surface area contributed by atoms with Crippen molar-refractivity contribution in [2.75, 3.05) is 6.61 Å². The molecule has 2 fully saturated rings. The molecule has 0 amide bonds. The van der Waals surface area contributed by atoms with E-state index >= 15 is 0 Å². The maximum Gasteiger partial charge on any atom is 0.0575 e. The van der Waals surface area contributed by atoms with Crippen LogP contribution in [0.3, 0.4) is 0 Å². The van der Waals surface area contributed by atoms with E-state index in [-0.39, 0.29) is 0 Å². The van der Waals surface area contributed by atoms with Gasteiger partial charge in [-0.05, 0) is 82.5 Å². The summed E-state index contributed by atoms with van der Waals surface area (Å²) in [6.07, 6.45) is 22.3. The molecule has 1 nitrogen and oxygen atoms in total. The predicted molar refractivity (Wildman–Crippen MR) is 96.0 cm³/mol. The zero-order valence-electron chi connectivity index (χ0n) is 14.6. The molecule has 0 aromatic carbocycles. The Hall–Kier alpha value is -0.560. The lowest BCUT2D eigenvalue weighted by Crippen LogP contribution is -2.23. The first-order chi connectivity index (χ1) is 10.8. The third kappa shape index (κ3) is 6.28. The standard InChI is InChI=1S/C21H36O/c1-3-5-17-22-21-15-13-20(14-16-21)12-11-19-9-7-18(6-4-2)8-10-19/h3-4,6,18-21H,1,5,7-17H2,2H3/b6-4+/t18-,19-,20-,21-. The van der Waals surface area contributed by atoms with Crippen LogP contribution in [0.15, 0.2) is 24.8 Å². The molecule has 0 aliphatic heterocycles. The van der Waals surface area contributed by atoms with E-state index in [4.69, 9.17) is 4.74 Å². The fourth-order valence-electron chi connectivity index (χ4n) is 4.32. The molecule has 126 valence electrons. The Labute approximate surface area is 138 Å². The molecule has 0 N–H and O–H groups in total. The van der Waals surface area contributed by atoms with Crippen LogP contribution in [0.2, 0.25) is 0 Å². The van der Waals surface area contributed by atoms with Crippen LogP contribution in [0.25, 0.3) is 0 Å². The molecule has 0 aromatic rings. The second-order valence-electron chi connectivity index (χ2n) is 7.47. The van der Waals surface area contributed by atoms with Gasteiger partial charge in [-0.15, -0.1) is 6.58 Å². The largest absolute Gasteiger partial charge is 0.378 e. The molecule has 0 unspecified atom stereocenters. The molecule has 0 aromatic heterocycles. The number of allylic oxidation sites excluding steroid dienone is 2. The maximum absolute atomic E-state index is 5.92. The molecule has 2 rings (SSSR count). The van der Waals surface area contributed by atoms with Crippen molar-refractivity contribution < 1.29 is 4.74 Å². The van der Waals surface area contributed by atoms with Gasteiger partial charge in [0.25, 0.3) is 0 Å². The van der Waals surface area contributed by atoms with Crippen molar-refractivity contribution in [1.29, 1.82) is 0 Å². The highest BCUT2D eigenvalue weighted by molar-refractivity contribution is 4.89. The van der Waals surface area contributed by atoms with E-state index in [2.05, 4.69) is 25.7 Å². The monoisotopic (exact) mass is 304 g/mol. The highest BCUT2D eigenvalue weighted by Gasteiger charge is 2.24. The number of rotatable bonds is 8. The number of hydrogen-bond acceptors (Lipinski definition) is 1. The highest BCUT2D eigenvalue weighted by Crippen LogP contribution is 2.36. The molecule has 0 spiro atoms. The molecule has 0 bridgehead atoms. The third-order valence-electron chi connectivity index (χ3n) is 5.81. The Morgan fingerprint density at radius 1 is 0.909 bits per heavy atom. The molecule has 0 heterocycles. The topological polar surface area (TPSA) is 9.23 Å². The zero-order chi connectivity index (χ0) is 15.6. The van der Waals surface area contributed by atoms with Crippen molar-refractivity contribution in [3.05, 3.63) is 24.8 Å². The van der Waals surface area contributed by atoms with Gasteiger partial charge >= 0.3 is 0 Å². The second kappa shape index (κ2) is 10.3. The van der Waals surface area contributed by atoms with E-state index in [1.165, 1.54) is 64.2 Å². The Morgan fingerprint density at radius 3 is 2.05 bits per heavy atom. The summed E-state index contributed by atoms with van der Waals surface area (Å²) in [5, 5.41) is 0. The van der Waals surface area contributed by atoms with Crippen LogP contribution >= 0.6 is 0 Å². The lowest BCUT2D eigenvalue weighted by Gasteiger charge is -2.31. The molecule has 0 radical (unpaired) electrons. The molecule has 1 heteroatoms. The average molecular weight is 305 g/mol. The number of hydrogen-bond donors (Lipinski definition) is 0. The van der Waals surface area contributed by atoms with Crippen molar-refractivity contribution in [3.63, 3.8) is 0 Å². The van der Waals surface area contributed by atoms with E-state index < -0.39 is 0 Å². The minimum absolute atomic E-state index is 0.535. The lowest BCUT2D eigenvalue weighted by atomic mass is 9.77. The Bertz CT molecular complexity index is 317. The molecule has 2 aliphatic carbocycles. The minimum Gasteiger partial charge on any atom is -0.378 e. The minimum atomic E-state index is 0.535. The van der Waals surface area contributed by atoms with E-state index in [1.807, 2.05) is 6.08 Å². The first-order valence-electron chi connectivity index (χ1n) is 9.67. The first kappa shape index (κ1) is 17.8. The van der Waals surface area contributed by atoms with Gasteiger partial charge in [-0.25, -0.2) is 0 Å². The van der Waals surface area contributed by atoms with Crippen molar-refractivity contribution in [2.45, 2.75) is 83.7 Å². The Balaban J connectivity index is 1.54. The van der Waals surface area contributed by atoms with Gasteiger partial charge in [0, 0.05) is 0 Å². The summed E-state index contributed by atoms with van der Waals surface area (Å²) in [6, 6.07) is 0. The summed E-state index contributed by atoms with van der Waals surface area (Å²) in [5.41, 5.74) is 0. The van der Waals surface area contributed by atoms with Crippen LogP contribution < -0.4 is 0 Å². The highest BCUT2D eigenvalue weighted by atomic mass is 16.5. The van der Waals surface area contributed by atoms with Crippen molar-refractivity contribution >= 4 is 0 Å². The lowest BCUT2D eigenvalue weighted by molar-refractivity contribution is 0.0189. The summed E-state index contributed by atoms with van der Waals surface area (Å²) in [4.78, 5) is 0. The Morgan fingerprint density at radius 2 is 1.50 bits per heavy atom. The maximum atomic E-state index is 5.92. The van der Waals surface area contributed by atoms with Crippen LogP contribution in [0.5, 0.6) is 0 Å². The summed E-state index contributed by atoms with van der Waals surface area (Å²) < 4.78 is 5.92. The van der Waals surface area contributed by atoms with Crippen molar-refractivity contribution in [1.82, 2.24) is 0 Å². The fraction of sp³-hybridized carbons (Fsp3) is 0.810. The van der Waals surface area contributed by atoms with Crippen LogP contribution in [-0.2, 0) is 4.74 Å². The molecule has 0 saturated heterocycles. The molecule has 2 aliphatic rings. The summed E-state index contributed by atoms with van der Waals surface area (Å²) in [6.45, 7) is 6.78. The van der Waals surface area contributed by atoms with Gasteiger partial charge in [-0.3, -0.25) is 0 Å². The van der Waals surface area contributed by atoms with Crippen molar-refractivity contribution in [3.8, 4) is 0 Å². The third-order valence-corrected chi connectivity index (χ3v) is 5.81. The molecular weight excluding hydrogens is 268 g/mol. The van der Waals surface area contributed by atoms with Crippen LogP contribution in [0.4, 0.5) is 0 Å². The Kier molecular flexibility index (Phi) is 8.30. The van der Waals surface area contributed by atoms with Gasteiger partial charge < -0.3 is 4.74 Å². The zero-order valence-corrected chi connectivity index (χ0v) is 14.6.